The lowest BCUT2D eigenvalue weighted by Crippen LogP contribution is -2.22. The maximum atomic E-state index is 11.6. The fourth-order valence-electron chi connectivity index (χ4n) is 1.55. The van der Waals surface area contributed by atoms with E-state index >= 15 is 0 Å². The largest absolute Gasteiger partial charge is 0.465 e. The first kappa shape index (κ1) is 13.6. The van der Waals surface area contributed by atoms with Crippen LogP contribution >= 0.6 is 0 Å². The highest BCUT2D eigenvalue weighted by atomic mass is 32.2. The van der Waals surface area contributed by atoms with E-state index in [1.165, 1.54) is 0 Å². The predicted octanol–water partition coefficient (Wildman–Crippen LogP) is 1.26. The van der Waals surface area contributed by atoms with Crippen LogP contribution in [0.3, 0.4) is 0 Å². The van der Waals surface area contributed by atoms with Crippen molar-refractivity contribution in [1.29, 1.82) is 0 Å². The average Bonchev–Trinajstić information content (AvgIpc) is 2.70. The molecule has 1 aliphatic rings. The molecule has 5 heteroatoms. The highest BCUT2D eigenvalue weighted by Crippen LogP contribution is 2.12. The molecule has 0 aromatic carbocycles. The lowest BCUT2D eigenvalue weighted by atomic mass is 10.3. The van der Waals surface area contributed by atoms with Crippen LogP contribution in [-0.4, -0.2) is 41.0 Å². The molecule has 0 saturated carbocycles. The second-order valence-corrected chi connectivity index (χ2v) is 5.46. The van der Waals surface area contributed by atoms with Crippen molar-refractivity contribution in [3.8, 4) is 0 Å². The van der Waals surface area contributed by atoms with Gasteiger partial charge in [-0.2, -0.15) is 0 Å². The van der Waals surface area contributed by atoms with Gasteiger partial charge in [-0.1, -0.05) is 13.3 Å². The van der Waals surface area contributed by atoms with Gasteiger partial charge < -0.3 is 9.47 Å². The normalized spacial score (nSPS) is 21.9. The molecule has 4 nitrogen and oxygen atoms in total. The van der Waals surface area contributed by atoms with Crippen LogP contribution in [0.25, 0.3) is 0 Å². The van der Waals surface area contributed by atoms with E-state index < -0.39 is 10.8 Å². The third-order valence-corrected chi connectivity index (χ3v) is 3.74. The summed E-state index contributed by atoms with van der Waals surface area (Å²) in [6.07, 6.45) is 3.92. The van der Waals surface area contributed by atoms with E-state index in [4.69, 9.17) is 9.47 Å². The summed E-state index contributed by atoms with van der Waals surface area (Å²) in [5, 5.41) is 0. The Bertz CT molecular complexity index is 236. The number of carbonyl (C=O) groups excluding carboxylic acids is 1. The molecule has 1 saturated heterocycles. The summed E-state index contributed by atoms with van der Waals surface area (Å²) in [7, 11) is -1.14. The first-order valence-electron chi connectivity index (χ1n) is 5.84. The van der Waals surface area contributed by atoms with E-state index in [9.17, 15) is 9.00 Å². The Hall–Kier alpha value is -0.420. The minimum absolute atomic E-state index is 0.00355. The molecular weight excluding hydrogens is 228 g/mol. The third kappa shape index (κ3) is 5.61. The SMILES string of the molecule is CCCCOC(=O)CS(=O)CC1CCCO1. The quantitative estimate of drug-likeness (QED) is 0.503. The van der Waals surface area contributed by atoms with Gasteiger partial charge in [0.1, 0.15) is 5.75 Å². The predicted molar refractivity (Wildman–Crippen MR) is 62.7 cm³/mol. The molecule has 0 radical (unpaired) electrons. The van der Waals surface area contributed by atoms with Gasteiger partial charge >= 0.3 is 5.97 Å². The molecule has 1 rings (SSSR count). The molecule has 94 valence electrons. The standard InChI is InChI=1S/C11H20O4S/c1-2-3-6-15-11(12)9-16(13)8-10-5-4-7-14-10/h10H,2-9H2,1H3. The molecule has 16 heavy (non-hydrogen) atoms. The number of unbranched alkanes of at least 4 members (excludes halogenated alkanes) is 1. The minimum atomic E-state index is -1.14. The Balaban J connectivity index is 2.10. The molecule has 0 amide bonds. The molecular formula is C11H20O4S. The van der Waals surface area contributed by atoms with Gasteiger partial charge in [-0.3, -0.25) is 9.00 Å². The third-order valence-electron chi connectivity index (χ3n) is 2.44. The van der Waals surface area contributed by atoms with Crippen molar-refractivity contribution in [2.75, 3.05) is 24.7 Å². The van der Waals surface area contributed by atoms with Crippen LogP contribution in [0.1, 0.15) is 32.6 Å². The monoisotopic (exact) mass is 248 g/mol. The van der Waals surface area contributed by atoms with Crippen molar-refractivity contribution in [2.45, 2.75) is 38.7 Å². The lowest BCUT2D eigenvalue weighted by Gasteiger charge is -2.08. The smallest absolute Gasteiger partial charge is 0.318 e. The highest BCUT2D eigenvalue weighted by Gasteiger charge is 2.20. The van der Waals surface area contributed by atoms with Gasteiger partial charge in [-0.25, -0.2) is 0 Å². The molecule has 0 N–H and O–H groups in total. The van der Waals surface area contributed by atoms with E-state index in [0.717, 1.165) is 32.3 Å². The number of esters is 1. The summed E-state index contributed by atoms with van der Waals surface area (Å²) in [6, 6.07) is 0. The molecule has 1 aliphatic heterocycles. The van der Waals surface area contributed by atoms with Crippen LogP contribution in [0.5, 0.6) is 0 Å². The molecule has 1 fully saturated rings. The number of ether oxygens (including phenoxy) is 2. The molecule has 0 aromatic heterocycles. The number of hydrogen-bond donors (Lipinski definition) is 0. The van der Waals surface area contributed by atoms with E-state index in [-0.39, 0.29) is 17.8 Å². The van der Waals surface area contributed by atoms with Crippen LogP contribution < -0.4 is 0 Å². The summed E-state index contributed by atoms with van der Waals surface area (Å²) in [5.41, 5.74) is 0. The lowest BCUT2D eigenvalue weighted by molar-refractivity contribution is -0.140. The van der Waals surface area contributed by atoms with Gasteiger partial charge in [0.2, 0.25) is 0 Å². The zero-order chi connectivity index (χ0) is 11.8. The minimum Gasteiger partial charge on any atom is -0.465 e. The second kappa shape index (κ2) is 7.79. The Morgan fingerprint density at radius 2 is 2.38 bits per heavy atom. The zero-order valence-electron chi connectivity index (χ0n) is 9.78. The Labute approximate surface area is 99.1 Å². The van der Waals surface area contributed by atoms with Gasteiger partial charge in [-0.15, -0.1) is 0 Å². The maximum absolute atomic E-state index is 11.6. The molecule has 0 spiro atoms. The van der Waals surface area contributed by atoms with Crippen molar-refractivity contribution < 1.29 is 18.5 Å². The summed E-state index contributed by atoms with van der Waals surface area (Å²) < 4.78 is 21.9. The van der Waals surface area contributed by atoms with Crippen molar-refractivity contribution in [1.82, 2.24) is 0 Å². The van der Waals surface area contributed by atoms with E-state index in [2.05, 4.69) is 0 Å². The van der Waals surface area contributed by atoms with Gasteiger partial charge in [-0.05, 0) is 19.3 Å². The second-order valence-electron chi connectivity index (χ2n) is 3.96. The Morgan fingerprint density at radius 1 is 1.56 bits per heavy atom. The van der Waals surface area contributed by atoms with Gasteiger partial charge in [0.25, 0.3) is 0 Å². The van der Waals surface area contributed by atoms with Crippen LogP contribution in [0.4, 0.5) is 0 Å². The van der Waals surface area contributed by atoms with Crippen molar-refractivity contribution in [2.24, 2.45) is 0 Å². The van der Waals surface area contributed by atoms with Crippen molar-refractivity contribution in [3.05, 3.63) is 0 Å². The maximum Gasteiger partial charge on any atom is 0.318 e. The van der Waals surface area contributed by atoms with E-state index in [1.54, 1.807) is 0 Å². The van der Waals surface area contributed by atoms with Gasteiger partial charge in [0.15, 0.2) is 0 Å². The molecule has 2 atom stereocenters. The van der Waals surface area contributed by atoms with Crippen molar-refractivity contribution >= 4 is 16.8 Å². The summed E-state index contributed by atoms with van der Waals surface area (Å²) in [6.45, 7) is 3.22. The number of rotatable bonds is 7. The van der Waals surface area contributed by atoms with E-state index in [1.807, 2.05) is 6.92 Å². The topological polar surface area (TPSA) is 52.6 Å². The van der Waals surface area contributed by atoms with Crippen LogP contribution in [0, 0.1) is 0 Å². The van der Waals surface area contributed by atoms with Crippen LogP contribution in [-0.2, 0) is 25.1 Å². The Kier molecular flexibility index (Phi) is 6.64. The van der Waals surface area contributed by atoms with Gasteiger partial charge in [0, 0.05) is 17.4 Å². The molecule has 0 aromatic rings. The molecule has 2 unspecified atom stereocenters. The highest BCUT2D eigenvalue weighted by molar-refractivity contribution is 7.85. The first-order valence-corrected chi connectivity index (χ1v) is 7.33. The molecule has 1 heterocycles. The zero-order valence-corrected chi connectivity index (χ0v) is 10.6. The summed E-state index contributed by atoms with van der Waals surface area (Å²) >= 11 is 0. The number of carbonyl (C=O) groups is 1. The van der Waals surface area contributed by atoms with Crippen LogP contribution in [0.15, 0.2) is 0 Å². The molecule has 0 bridgehead atoms. The van der Waals surface area contributed by atoms with Crippen molar-refractivity contribution in [3.63, 3.8) is 0 Å². The summed E-state index contributed by atoms with van der Waals surface area (Å²) in [5.74, 6) is 0.108. The Morgan fingerprint density at radius 3 is 3.00 bits per heavy atom. The average molecular weight is 248 g/mol. The van der Waals surface area contributed by atoms with Gasteiger partial charge in [0.05, 0.1) is 18.5 Å². The fourth-order valence-corrected chi connectivity index (χ4v) is 2.69. The molecule has 0 aliphatic carbocycles. The summed E-state index contributed by atoms with van der Waals surface area (Å²) in [4.78, 5) is 11.2. The number of hydrogen-bond acceptors (Lipinski definition) is 4. The fraction of sp³-hybridized carbons (Fsp3) is 0.909. The van der Waals surface area contributed by atoms with E-state index in [0.29, 0.717) is 12.4 Å². The van der Waals surface area contributed by atoms with Crippen LogP contribution in [0.2, 0.25) is 0 Å². The first-order chi connectivity index (χ1) is 7.72.